The molecule has 1 heterocycles. The molecular formula is C12H15ClN2O2. The Morgan fingerprint density at radius 1 is 1.53 bits per heavy atom. The Kier molecular flexibility index (Phi) is 3.66. The molecule has 4 nitrogen and oxygen atoms in total. The lowest BCUT2D eigenvalue weighted by molar-refractivity contribution is -0.120. The van der Waals surface area contributed by atoms with Crippen molar-refractivity contribution in [2.24, 2.45) is 11.7 Å². The number of benzene rings is 1. The molecule has 2 rings (SSSR count). The number of rotatable bonds is 2. The third-order valence-electron chi connectivity index (χ3n) is 2.99. The van der Waals surface area contributed by atoms with Gasteiger partial charge in [-0.3, -0.25) is 4.79 Å². The lowest BCUT2D eigenvalue weighted by Crippen LogP contribution is -2.37. The number of carbonyl (C=O) groups is 1. The molecule has 1 aromatic rings. The van der Waals surface area contributed by atoms with E-state index in [9.17, 15) is 4.79 Å². The lowest BCUT2D eigenvalue weighted by Gasteiger charge is -2.15. The summed E-state index contributed by atoms with van der Waals surface area (Å²) < 4.78 is 5.17. The van der Waals surface area contributed by atoms with Crippen molar-refractivity contribution in [3.8, 4) is 0 Å². The first-order valence-corrected chi connectivity index (χ1v) is 5.86. The first kappa shape index (κ1) is 12.4. The van der Waals surface area contributed by atoms with Gasteiger partial charge in [0.1, 0.15) is 0 Å². The molecule has 0 aliphatic carbocycles. The molecule has 1 aliphatic rings. The van der Waals surface area contributed by atoms with Crippen LogP contribution in [0, 0.1) is 12.8 Å². The van der Waals surface area contributed by atoms with Crippen LogP contribution in [0.3, 0.4) is 0 Å². The average molecular weight is 255 g/mol. The predicted octanol–water partition coefficient (Wildman–Crippen LogP) is 1.56. The number of amides is 1. The monoisotopic (exact) mass is 254 g/mol. The van der Waals surface area contributed by atoms with Crippen LogP contribution in [0.25, 0.3) is 0 Å². The molecule has 1 aliphatic heterocycles. The van der Waals surface area contributed by atoms with Crippen molar-refractivity contribution in [1.82, 2.24) is 0 Å². The maximum Gasteiger partial charge on any atom is 0.231 e. The summed E-state index contributed by atoms with van der Waals surface area (Å²) in [5.41, 5.74) is 7.37. The molecule has 1 aromatic carbocycles. The molecule has 17 heavy (non-hydrogen) atoms. The van der Waals surface area contributed by atoms with E-state index in [1.54, 1.807) is 12.1 Å². The Bertz CT molecular complexity index is 437. The van der Waals surface area contributed by atoms with Gasteiger partial charge in [0.2, 0.25) is 5.91 Å². The van der Waals surface area contributed by atoms with Gasteiger partial charge in [-0.2, -0.15) is 0 Å². The number of nitrogens with two attached hydrogens (primary N) is 1. The first-order chi connectivity index (χ1) is 8.09. The molecule has 0 bridgehead atoms. The van der Waals surface area contributed by atoms with E-state index in [1.807, 2.05) is 13.0 Å². The van der Waals surface area contributed by atoms with Crippen molar-refractivity contribution >= 4 is 23.2 Å². The SMILES string of the molecule is Cc1c(Cl)cccc1NC(=O)C1COCC1N. The Balaban J connectivity index is 2.10. The van der Waals surface area contributed by atoms with Crippen LogP contribution in [0.15, 0.2) is 18.2 Å². The summed E-state index contributed by atoms with van der Waals surface area (Å²) in [6, 6.07) is 5.18. The Hall–Kier alpha value is -1.10. The molecule has 1 amide bonds. The fourth-order valence-corrected chi connectivity index (χ4v) is 1.98. The van der Waals surface area contributed by atoms with Gasteiger partial charge in [0.15, 0.2) is 0 Å². The maximum absolute atomic E-state index is 12.0. The highest BCUT2D eigenvalue weighted by molar-refractivity contribution is 6.31. The minimum absolute atomic E-state index is 0.111. The van der Waals surface area contributed by atoms with Gasteiger partial charge in [-0.05, 0) is 24.6 Å². The predicted molar refractivity (Wildman–Crippen MR) is 67.1 cm³/mol. The zero-order valence-corrected chi connectivity index (χ0v) is 10.3. The Morgan fingerprint density at radius 2 is 2.29 bits per heavy atom. The highest BCUT2D eigenvalue weighted by atomic mass is 35.5. The molecule has 1 saturated heterocycles. The number of hydrogen-bond donors (Lipinski definition) is 2. The van der Waals surface area contributed by atoms with E-state index < -0.39 is 0 Å². The fourth-order valence-electron chi connectivity index (χ4n) is 1.81. The Morgan fingerprint density at radius 3 is 2.94 bits per heavy atom. The second kappa shape index (κ2) is 5.04. The average Bonchev–Trinajstić information content (AvgIpc) is 2.71. The molecule has 2 unspecified atom stereocenters. The summed E-state index contributed by atoms with van der Waals surface area (Å²) in [4.78, 5) is 12.0. The lowest BCUT2D eigenvalue weighted by atomic mass is 10.0. The van der Waals surface area contributed by atoms with E-state index in [0.717, 1.165) is 11.3 Å². The summed E-state index contributed by atoms with van der Waals surface area (Å²) >= 11 is 5.98. The molecule has 0 aromatic heterocycles. The normalized spacial score (nSPS) is 23.7. The van der Waals surface area contributed by atoms with Crippen molar-refractivity contribution in [3.63, 3.8) is 0 Å². The van der Waals surface area contributed by atoms with Crippen LogP contribution in [0.5, 0.6) is 0 Å². The van der Waals surface area contributed by atoms with Crippen molar-refractivity contribution < 1.29 is 9.53 Å². The van der Waals surface area contributed by atoms with E-state index in [-0.39, 0.29) is 17.9 Å². The molecule has 5 heteroatoms. The van der Waals surface area contributed by atoms with E-state index >= 15 is 0 Å². The van der Waals surface area contributed by atoms with Crippen LogP contribution in [0.1, 0.15) is 5.56 Å². The van der Waals surface area contributed by atoms with Crippen LogP contribution < -0.4 is 11.1 Å². The maximum atomic E-state index is 12.0. The van der Waals surface area contributed by atoms with E-state index in [2.05, 4.69) is 5.32 Å². The molecule has 0 saturated carbocycles. The van der Waals surface area contributed by atoms with Crippen LogP contribution >= 0.6 is 11.6 Å². The van der Waals surface area contributed by atoms with Crippen molar-refractivity contribution in [2.45, 2.75) is 13.0 Å². The van der Waals surface area contributed by atoms with Crippen LogP contribution in [0.4, 0.5) is 5.69 Å². The topological polar surface area (TPSA) is 64.3 Å². The molecular weight excluding hydrogens is 240 g/mol. The van der Waals surface area contributed by atoms with Crippen LogP contribution in [-0.4, -0.2) is 25.2 Å². The van der Waals surface area contributed by atoms with Gasteiger partial charge in [0.05, 0.1) is 19.1 Å². The smallest absolute Gasteiger partial charge is 0.231 e. The zero-order chi connectivity index (χ0) is 12.4. The molecule has 0 spiro atoms. The second-order valence-electron chi connectivity index (χ2n) is 4.21. The largest absolute Gasteiger partial charge is 0.379 e. The molecule has 92 valence electrons. The number of hydrogen-bond acceptors (Lipinski definition) is 3. The van der Waals surface area contributed by atoms with Gasteiger partial charge in [0, 0.05) is 16.8 Å². The van der Waals surface area contributed by atoms with Crippen molar-refractivity contribution in [2.75, 3.05) is 18.5 Å². The summed E-state index contributed by atoms with van der Waals surface area (Å²) in [5.74, 6) is -0.395. The minimum atomic E-state index is -0.284. The van der Waals surface area contributed by atoms with E-state index in [4.69, 9.17) is 22.1 Å². The summed E-state index contributed by atoms with van der Waals surface area (Å²) in [5, 5.41) is 3.47. The number of halogens is 1. The van der Waals surface area contributed by atoms with Gasteiger partial charge in [-0.15, -0.1) is 0 Å². The third kappa shape index (κ3) is 2.60. The zero-order valence-electron chi connectivity index (χ0n) is 9.57. The second-order valence-corrected chi connectivity index (χ2v) is 4.62. The highest BCUT2D eigenvalue weighted by Gasteiger charge is 2.31. The number of nitrogens with one attached hydrogen (secondary N) is 1. The molecule has 3 N–H and O–H groups in total. The number of ether oxygens (including phenoxy) is 1. The summed E-state index contributed by atoms with van der Waals surface area (Å²) in [6.07, 6.45) is 0. The van der Waals surface area contributed by atoms with Crippen LogP contribution in [-0.2, 0) is 9.53 Å². The van der Waals surface area contributed by atoms with Gasteiger partial charge in [-0.1, -0.05) is 17.7 Å². The van der Waals surface area contributed by atoms with Gasteiger partial charge < -0.3 is 15.8 Å². The standard InChI is InChI=1S/C12H15ClN2O2/c1-7-9(13)3-2-4-11(7)15-12(16)8-5-17-6-10(8)14/h2-4,8,10H,5-6,14H2,1H3,(H,15,16). The summed E-state index contributed by atoms with van der Waals surface area (Å²) in [6.45, 7) is 2.68. The quantitative estimate of drug-likeness (QED) is 0.842. The molecule has 0 radical (unpaired) electrons. The summed E-state index contributed by atoms with van der Waals surface area (Å²) in [7, 11) is 0. The van der Waals surface area contributed by atoms with Gasteiger partial charge in [0.25, 0.3) is 0 Å². The van der Waals surface area contributed by atoms with Gasteiger partial charge in [-0.25, -0.2) is 0 Å². The van der Waals surface area contributed by atoms with Crippen LogP contribution in [0.2, 0.25) is 5.02 Å². The minimum Gasteiger partial charge on any atom is -0.379 e. The van der Waals surface area contributed by atoms with Gasteiger partial charge >= 0.3 is 0 Å². The van der Waals surface area contributed by atoms with E-state index in [0.29, 0.717) is 18.2 Å². The first-order valence-electron chi connectivity index (χ1n) is 5.49. The number of anilines is 1. The van der Waals surface area contributed by atoms with Crippen molar-refractivity contribution in [3.05, 3.63) is 28.8 Å². The fraction of sp³-hybridized carbons (Fsp3) is 0.417. The highest BCUT2D eigenvalue weighted by Crippen LogP contribution is 2.24. The Labute approximate surface area is 105 Å². The van der Waals surface area contributed by atoms with E-state index in [1.165, 1.54) is 0 Å². The molecule has 2 atom stereocenters. The molecule has 1 fully saturated rings. The third-order valence-corrected chi connectivity index (χ3v) is 3.40. The number of carbonyl (C=O) groups excluding carboxylic acids is 1. The van der Waals surface area contributed by atoms with Crippen molar-refractivity contribution in [1.29, 1.82) is 0 Å².